The van der Waals surface area contributed by atoms with Gasteiger partial charge in [-0.05, 0) is 39.2 Å². The van der Waals surface area contributed by atoms with Gasteiger partial charge in [-0.1, -0.05) is 12.8 Å². The Hall–Kier alpha value is -1.69. The number of amides is 1. The highest BCUT2D eigenvalue weighted by molar-refractivity contribution is 5.79. The van der Waals surface area contributed by atoms with Crippen LogP contribution in [0.2, 0.25) is 0 Å². The van der Waals surface area contributed by atoms with Crippen LogP contribution in [0, 0.1) is 12.8 Å². The summed E-state index contributed by atoms with van der Waals surface area (Å²) < 4.78 is 1.58. The fourth-order valence-electron chi connectivity index (χ4n) is 4.75. The lowest BCUT2D eigenvalue weighted by molar-refractivity contribution is -0.138. The lowest BCUT2D eigenvalue weighted by Gasteiger charge is -2.37. The van der Waals surface area contributed by atoms with E-state index in [1.54, 1.807) is 11.6 Å². The SMILES string of the molecule is Cc1nc2c(c(=O)n1C)CN(C(=O)[C@@H]1CCCN(C3CCCC3)C1)C2. The Kier molecular flexibility index (Phi) is 4.40. The number of aromatic nitrogens is 2. The van der Waals surface area contributed by atoms with E-state index in [0.29, 0.717) is 30.5 Å². The van der Waals surface area contributed by atoms with E-state index in [1.165, 1.54) is 25.7 Å². The van der Waals surface area contributed by atoms with Crippen molar-refractivity contribution in [2.45, 2.75) is 64.6 Å². The Morgan fingerprint density at radius 3 is 2.64 bits per heavy atom. The highest BCUT2D eigenvalue weighted by atomic mass is 16.2. The normalized spacial score (nSPS) is 24.7. The molecule has 1 saturated heterocycles. The third kappa shape index (κ3) is 3.01. The van der Waals surface area contributed by atoms with E-state index in [-0.39, 0.29) is 17.4 Å². The lowest BCUT2D eigenvalue weighted by Crippen LogP contribution is -2.46. The van der Waals surface area contributed by atoms with Gasteiger partial charge in [0.2, 0.25) is 5.91 Å². The molecule has 0 aromatic carbocycles. The van der Waals surface area contributed by atoms with Crippen LogP contribution >= 0.6 is 0 Å². The van der Waals surface area contributed by atoms with Crippen LogP contribution < -0.4 is 5.56 Å². The first-order chi connectivity index (χ1) is 12.0. The summed E-state index contributed by atoms with van der Waals surface area (Å²) in [6.45, 7) is 4.78. The average Bonchev–Trinajstić information content (AvgIpc) is 3.29. The third-order valence-corrected chi connectivity index (χ3v) is 6.34. The molecule has 0 spiro atoms. The van der Waals surface area contributed by atoms with Crippen molar-refractivity contribution in [3.8, 4) is 0 Å². The molecule has 25 heavy (non-hydrogen) atoms. The van der Waals surface area contributed by atoms with Crippen molar-refractivity contribution in [3.05, 3.63) is 27.4 Å². The van der Waals surface area contributed by atoms with Crippen molar-refractivity contribution in [2.75, 3.05) is 13.1 Å². The van der Waals surface area contributed by atoms with Crippen LogP contribution in [0.5, 0.6) is 0 Å². The molecule has 4 rings (SSSR count). The van der Waals surface area contributed by atoms with Gasteiger partial charge in [0.25, 0.3) is 5.56 Å². The minimum absolute atomic E-state index is 0.00553. The van der Waals surface area contributed by atoms with Gasteiger partial charge in [0, 0.05) is 19.6 Å². The number of piperidine rings is 1. The molecule has 1 aromatic heterocycles. The van der Waals surface area contributed by atoms with Gasteiger partial charge in [0.1, 0.15) is 5.82 Å². The summed E-state index contributed by atoms with van der Waals surface area (Å²) >= 11 is 0. The summed E-state index contributed by atoms with van der Waals surface area (Å²) in [4.78, 5) is 34.4. The number of rotatable bonds is 2. The predicted molar refractivity (Wildman–Crippen MR) is 95.0 cm³/mol. The predicted octanol–water partition coefficient (Wildman–Crippen LogP) is 1.59. The number of aryl methyl sites for hydroxylation is 1. The standard InChI is InChI=1S/C19H28N4O2/c1-13-20-17-12-23(11-16(17)19(25)21(13)2)18(24)14-6-5-9-22(10-14)15-7-3-4-8-15/h14-15H,3-12H2,1-2H3/t14-/m1/s1. The molecule has 1 amide bonds. The first-order valence-electron chi connectivity index (χ1n) is 9.63. The van der Waals surface area contributed by atoms with E-state index < -0.39 is 0 Å². The van der Waals surface area contributed by atoms with Crippen molar-refractivity contribution in [1.82, 2.24) is 19.4 Å². The van der Waals surface area contributed by atoms with Gasteiger partial charge in [-0.3, -0.25) is 19.1 Å². The van der Waals surface area contributed by atoms with E-state index in [1.807, 2.05) is 11.8 Å². The molecule has 2 aliphatic heterocycles. The molecule has 3 aliphatic rings. The Morgan fingerprint density at radius 1 is 1.12 bits per heavy atom. The van der Waals surface area contributed by atoms with Gasteiger partial charge >= 0.3 is 0 Å². The summed E-state index contributed by atoms with van der Waals surface area (Å²) in [7, 11) is 1.75. The Balaban J connectivity index is 1.46. The zero-order valence-electron chi connectivity index (χ0n) is 15.3. The second-order valence-electron chi connectivity index (χ2n) is 7.92. The van der Waals surface area contributed by atoms with Gasteiger partial charge < -0.3 is 4.90 Å². The second kappa shape index (κ2) is 6.56. The minimum Gasteiger partial charge on any atom is -0.332 e. The molecule has 0 radical (unpaired) electrons. The molecule has 1 atom stereocenters. The van der Waals surface area contributed by atoms with Crippen molar-refractivity contribution in [3.63, 3.8) is 0 Å². The van der Waals surface area contributed by atoms with E-state index in [2.05, 4.69) is 9.88 Å². The number of hydrogen-bond acceptors (Lipinski definition) is 4. The van der Waals surface area contributed by atoms with E-state index in [9.17, 15) is 9.59 Å². The van der Waals surface area contributed by atoms with Crippen LogP contribution in [0.3, 0.4) is 0 Å². The molecule has 1 saturated carbocycles. The Labute approximate surface area is 148 Å². The summed E-state index contributed by atoms with van der Waals surface area (Å²) in [6, 6.07) is 0.683. The Bertz CT molecular complexity index is 736. The maximum absolute atomic E-state index is 13.1. The number of carbonyl (C=O) groups excluding carboxylic acids is 1. The van der Waals surface area contributed by atoms with Crippen molar-refractivity contribution in [1.29, 1.82) is 0 Å². The van der Waals surface area contributed by atoms with Crippen LogP contribution in [0.1, 0.15) is 55.6 Å². The number of carbonyl (C=O) groups is 1. The van der Waals surface area contributed by atoms with E-state index in [4.69, 9.17) is 0 Å². The number of hydrogen-bond donors (Lipinski definition) is 0. The minimum atomic E-state index is -0.00553. The van der Waals surface area contributed by atoms with Crippen LogP contribution in [0.15, 0.2) is 4.79 Å². The van der Waals surface area contributed by atoms with Crippen LogP contribution in [0.25, 0.3) is 0 Å². The van der Waals surface area contributed by atoms with Crippen molar-refractivity contribution >= 4 is 5.91 Å². The van der Waals surface area contributed by atoms with Gasteiger partial charge in [0.05, 0.1) is 30.3 Å². The highest BCUT2D eigenvalue weighted by Gasteiger charge is 2.36. The largest absolute Gasteiger partial charge is 0.332 e. The van der Waals surface area contributed by atoms with Crippen LogP contribution in [0.4, 0.5) is 0 Å². The number of nitrogens with zero attached hydrogens (tertiary/aromatic N) is 4. The quantitative estimate of drug-likeness (QED) is 0.817. The summed E-state index contributed by atoms with van der Waals surface area (Å²) in [5.74, 6) is 0.997. The molecule has 136 valence electrons. The topological polar surface area (TPSA) is 58.4 Å². The van der Waals surface area contributed by atoms with Crippen LogP contribution in [-0.2, 0) is 24.9 Å². The van der Waals surface area contributed by atoms with E-state index >= 15 is 0 Å². The molecular weight excluding hydrogens is 316 g/mol. The van der Waals surface area contributed by atoms with Crippen molar-refractivity contribution < 1.29 is 4.79 Å². The molecule has 0 N–H and O–H groups in total. The molecule has 3 heterocycles. The van der Waals surface area contributed by atoms with Gasteiger partial charge in [-0.2, -0.15) is 0 Å². The average molecular weight is 344 g/mol. The second-order valence-corrected chi connectivity index (χ2v) is 7.92. The zero-order chi connectivity index (χ0) is 17.6. The van der Waals surface area contributed by atoms with Gasteiger partial charge in [0.15, 0.2) is 0 Å². The van der Waals surface area contributed by atoms with Gasteiger partial charge in [-0.15, -0.1) is 0 Å². The number of fused-ring (bicyclic) bond motifs is 1. The van der Waals surface area contributed by atoms with Gasteiger partial charge in [-0.25, -0.2) is 4.98 Å². The zero-order valence-corrected chi connectivity index (χ0v) is 15.3. The monoisotopic (exact) mass is 344 g/mol. The summed E-state index contributed by atoms with van der Waals surface area (Å²) in [5, 5.41) is 0. The third-order valence-electron chi connectivity index (χ3n) is 6.34. The first-order valence-corrected chi connectivity index (χ1v) is 9.63. The highest BCUT2D eigenvalue weighted by Crippen LogP contribution is 2.30. The number of likely N-dealkylation sites (tertiary alicyclic amines) is 1. The molecule has 0 bridgehead atoms. The summed E-state index contributed by atoms with van der Waals surface area (Å²) in [5.41, 5.74) is 1.48. The first kappa shape index (κ1) is 16.8. The van der Waals surface area contributed by atoms with Crippen LogP contribution in [-0.4, -0.2) is 44.4 Å². The fourth-order valence-corrected chi connectivity index (χ4v) is 4.75. The maximum atomic E-state index is 13.1. The molecular formula is C19H28N4O2. The lowest BCUT2D eigenvalue weighted by atomic mass is 9.95. The van der Waals surface area contributed by atoms with E-state index in [0.717, 1.165) is 31.6 Å². The molecule has 6 heteroatoms. The smallest absolute Gasteiger partial charge is 0.258 e. The molecule has 6 nitrogen and oxygen atoms in total. The summed E-state index contributed by atoms with van der Waals surface area (Å²) in [6.07, 6.45) is 7.31. The molecule has 0 unspecified atom stereocenters. The molecule has 1 aromatic rings. The Morgan fingerprint density at radius 2 is 1.88 bits per heavy atom. The molecule has 1 aliphatic carbocycles. The maximum Gasteiger partial charge on any atom is 0.258 e. The van der Waals surface area contributed by atoms with Crippen molar-refractivity contribution in [2.24, 2.45) is 13.0 Å². The molecule has 2 fully saturated rings. The fraction of sp³-hybridized carbons (Fsp3) is 0.737.